The summed E-state index contributed by atoms with van der Waals surface area (Å²) in [4.78, 5) is 22.8. The number of pyridine rings is 1. The molecule has 0 aliphatic heterocycles. The third kappa shape index (κ3) is 2.81. The average molecular weight is 232 g/mol. The number of amides is 1. The number of nitrogens with zero attached hydrogens (tertiary/aromatic N) is 2. The van der Waals surface area contributed by atoms with E-state index in [9.17, 15) is 4.79 Å². The molecule has 2 heterocycles. The first-order valence-electron chi connectivity index (χ1n) is 5.88. The van der Waals surface area contributed by atoms with E-state index in [0.717, 1.165) is 30.3 Å². The SMILES string of the molecule is CCCCCC(=O)Nc1cncc2[nH]cnc12. The number of carbonyl (C=O) groups excluding carboxylic acids is 1. The van der Waals surface area contributed by atoms with Gasteiger partial charge in [0.25, 0.3) is 0 Å². The van der Waals surface area contributed by atoms with E-state index in [2.05, 4.69) is 27.2 Å². The molecule has 2 aromatic heterocycles. The third-order valence-corrected chi connectivity index (χ3v) is 2.61. The maximum absolute atomic E-state index is 11.7. The standard InChI is InChI=1S/C12H16N4O/c1-2-3-4-5-11(17)16-10-7-13-6-9-12(10)15-8-14-9/h6-8H,2-5H2,1H3,(H,14,15)(H,16,17). The lowest BCUT2D eigenvalue weighted by Crippen LogP contribution is -2.11. The minimum Gasteiger partial charge on any atom is -0.343 e. The van der Waals surface area contributed by atoms with Crippen LogP contribution in [-0.2, 0) is 4.79 Å². The number of unbranched alkanes of at least 4 members (excludes halogenated alkanes) is 2. The lowest BCUT2D eigenvalue weighted by molar-refractivity contribution is -0.116. The number of hydrogen-bond donors (Lipinski definition) is 2. The minimum absolute atomic E-state index is 0.0238. The molecule has 5 nitrogen and oxygen atoms in total. The zero-order chi connectivity index (χ0) is 12.1. The van der Waals surface area contributed by atoms with Gasteiger partial charge in [0, 0.05) is 6.42 Å². The Morgan fingerprint density at radius 3 is 3.12 bits per heavy atom. The van der Waals surface area contributed by atoms with Crippen molar-refractivity contribution in [3.63, 3.8) is 0 Å². The Morgan fingerprint density at radius 2 is 2.29 bits per heavy atom. The van der Waals surface area contributed by atoms with Crippen molar-refractivity contribution in [3.05, 3.63) is 18.7 Å². The second kappa shape index (κ2) is 5.43. The number of carbonyl (C=O) groups is 1. The number of aromatic nitrogens is 3. The summed E-state index contributed by atoms with van der Waals surface area (Å²) in [6.07, 6.45) is 8.58. The molecule has 2 N–H and O–H groups in total. The first-order valence-corrected chi connectivity index (χ1v) is 5.88. The van der Waals surface area contributed by atoms with Crippen LogP contribution in [0, 0.1) is 0 Å². The Labute approximate surface area is 99.7 Å². The second-order valence-electron chi connectivity index (χ2n) is 3.99. The number of anilines is 1. The number of aromatic amines is 1. The van der Waals surface area contributed by atoms with Crippen LogP contribution in [0.1, 0.15) is 32.6 Å². The maximum atomic E-state index is 11.7. The van der Waals surface area contributed by atoms with Crippen LogP contribution in [-0.4, -0.2) is 20.9 Å². The Kier molecular flexibility index (Phi) is 3.69. The first-order chi connectivity index (χ1) is 8.31. The molecule has 5 heteroatoms. The zero-order valence-corrected chi connectivity index (χ0v) is 9.86. The normalized spacial score (nSPS) is 10.6. The summed E-state index contributed by atoms with van der Waals surface area (Å²) < 4.78 is 0. The number of hydrogen-bond acceptors (Lipinski definition) is 3. The predicted molar refractivity (Wildman–Crippen MR) is 66.7 cm³/mol. The van der Waals surface area contributed by atoms with Crippen LogP contribution >= 0.6 is 0 Å². The van der Waals surface area contributed by atoms with Crippen LogP contribution in [0.5, 0.6) is 0 Å². The van der Waals surface area contributed by atoms with Gasteiger partial charge < -0.3 is 10.3 Å². The molecule has 17 heavy (non-hydrogen) atoms. The first kappa shape index (κ1) is 11.6. The molecule has 0 atom stereocenters. The van der Waals surface area contributed by atoms with Crippen LogP contribution in [0.3, 0.4) is 0 Å². The van der Waals surface area contributed by atoms with Gasteiger partial charge >= 0.3 is 0 Å². The fourth-order valence-corrected chi connectivity index (χ4v) is 1.70. The van der Waals surface area contributed by atoms with Crippen molar-refractivity contribution in [2.24, 2.45) is 0 Å². The van der Waals surface area contributed by atoms with E-state index >= 15 is 0 Å². The van der Waals surface area contributed by atoms with E-state index in [1.807, 2.05) is 0 Å². The van der Waals surface area contributed by atoms with Gasteiger partial charge in [0.1, 0.15) is 5.52 Å². The highest BCUT2D eigenvalue weighted by molar-refractivity contribution is 5.98. The molecule has 0 aromatic carbocycles. The Bertz CT molecular complexity index is 506. The fourth-order valence-electron chi connectivity index (χ4n) is 1.70. The van der Waals surface area contributed by atoms with E-state index in [1.165, 1.54) is 0 Å². The number of H-pyrrole nitrogens is 1. The average Bonchev–Trinajstić information content (AvgIpc) is 2.78. The quantitative estimate of drug-likeness (QED) is 0.778. The molecule has 0 saturated heterocycles. The molecule has 0 aliphatic rings. The lowest BCUT2D eigenvalue weighted by Gasteiger charge is -2.04. The fraction of sp³-hybridized carbons (Fsp3) is 0.417. The summed E-state index contributed by atoms with van der Waals surface area (Å²) >= 11 is 0. The smallest absolute Gasteiger partial charge is 0.224 e. The van der Waals surface area contributed by atoms with Gasteiger partial charge in [0.05, 0.1) is 29.9 Å². The van der Waals surface area contributed by atoms with Crippen LogP contribution in [0.2, 0.25) is 0 Å². The minimum atomic E-state index is 0.0238. The van der Waals surface area contributed by atoms with Crippen molar-refractivity contribution in [1.82, 2.24) is 15.0 Å². The summed E-state index contributed by atoms with van der Waals surface area (Å²) in [5.41, 5.74) is 2.26. The van der Waals surface area contributed by atoms with Crippen LogP contribution in [0.4, 0.5) is 5.69 Å². The van der Waals surface area contributed by atoms with Crippen molar-refractivity contribution in [1.29, 1.82) is 0 Å². The maximum Gasteiger partial charge on any atom is 0.224 e. The van der Waals surface area contributed by atoms with Crippen molar-refractivity contribution in [2.75, 3.05) is 5.32 Å². The van der Waals surface area contributed by atoms with Crippen molar-refractivity contribution in [3.8, 4) is 0 Å². The largest absolute Gasteiger partial charge is 0.343 e. The summed E-state index contributed by atoms with van der Waals surface area (Å²) in [7, 11) is 0. The monoisotopic (exact) mass is 232 g/mol. The van der Waals surface area contributed by atoms with Gasteiger partial charge in [-0.15, -0.1) is 0 Å². The van der Waals surface area contributed by atoms with Gasteiger partial charge in [-0.05, 0) is 6.42 Å². The number of fused-ring (bicyclic) bond motifs is 1. The van der Waals surface area contributed by atoms with Crippen molar-refractivity contribution < 1.29 is 4.79 Å². The van der Waals surface area contributed by atoms with Gasteiger partial charge in [-0.3, -0.25) is 9.78 Å². The second-order valence-corrected chi connectivity index (χ2v) is 3.99. The zero-order valence-electron chi connectivity index (χ0n) is 9.86. The summed E-state index contributed by atoms with van der Waals surface area (Å²) in [5, 5.41) is 2.85. The van der Waals surface area contributed by atoms with Gasteiger partial charge in [0.15, 0.2) is 0 Å². The number of nitrogens with one attached hydrogen (secondary N) is 2. The van der Waals surface area contributed by atoms with E-state index in [1.54, 1.807) is 18.7 Å². The molecule has 0 spiro atoms. The molecule has 0 saturated carbocycles. The lowest BCUT2D eigenvalue weighted by atomic mass is 10.2. The molecule has 0 radical (unpaired) electrons. The van der Waals surface area contributed by atoms with Crippen LogP contribution in [0.25, 0.3) is 11.0 Å². The predicted octanol–water partition coefficient (Wildman–Crippen LogP) is 2.48. The van der Waals surface area contributed by atoms with Crippen molar-refractivity contribution in [2.45, 2.75) is 32.6 Å². The van der Waals surface area contributed by atoms with Gasteiger partial charge in [-0.2, -0.15) is 0 Å². The van der Waals surface area contributed by atoms with Crippen LogP contribution in [0.15, 0.2) is 18.7 Å². The van der Waals surface area contributed by atoms with Gasteiger partial charge in [-0.1, -0.05) is 19.8 Å². The summed E-state index contributed by atoms with van der Waals surface area (Å²) in [6, 6.07) is 0. The Morgan fingerprint density at radius 1 is 1.41 bits per heavy atom. The van der Waals surface area contributed by atoms with E-state index in [-0.39, 0.29) is 5.91 Å². The topological polar surface area (TPSA) is 70.7 Å². The Hall–Kier alpha value is -1.91. The summed E-state index contributed by atoms with van der Waals surface area (Å²) in [5.74, 6) is 0.0238. The molecule has 2 rings (SSSR count). The molecule has 1 amide bonds. The molecule has 0 aliphatic carbocycles. The van der Waals surface area contributed by atoms with Gasteiger partial charge in [-0.25, -0.2) is 4.98 Å². The van der Waals surface area contributed by atoms with E-state index < -0.39 is 0 Å². The van der Waals surface area contributed by atoms with Crippen molar-refractivity contribution >= 4 is 22.6 Å². The highest BCUT2D eigenvalue weighted by atomic mass is 16.1. The molecule has 2 aromatic rings. The number of rotatable bonds is 5. The summed E-state index contributed by atoms with van der Waals surface area (Å²) in [6.45, 7) is 2.12. The Balaban J connectivity index is 2.03. The van der Waals surface area contributed by atoms with Crippen LogP contribution < -0.4 is 5.32 Å². The van der Waals surface area contributed by atoms with E-state index in [4.69, 9.17) is 0 Å². The molecule has 0 fully saturated rings. The highest BCUT2D eigenvalue weighted by Crippen LogP contribution is 2.18. The molecule has 0 unspecified atom stereocenters. The number of imidazole rings is 1. The molecule has 0 bridgehead atoms. The molecular weight excluding hydrogens is 216 g/mol. The molecular formula is C12H16N4O. The highest BCUT2D eigenvalue weighted by Gasteiger charge is 2.07. The molecule has 90 valence electrons. The van der Waals surface area contributed by atoms with E-state index in [0.29, 0.717) is 12.1 Å². The van der Waals surface area contributed by atoms with Gasteiger partial charge in [0.2, 0.25) is 5.91 Å². The third-order valence-electron chi connectivity index (χ3n) is 2.61.